The minimum absolute atomic E-state index is 0.299. The van der Waals surface area contributed by atoms with Gasteiger partial charge in [0, 0.05) is 0 Å². The van der Waals surface area contributed by atoms with Gasteiger partial charge in [0.1, 0.15) is 19.2 Å². The van der Waals surface area contributed by atoms with Crippen LogP contribution in [0.1, 0.15) is 23.5 Å². The van der Waals surface area contributed by atoms with Gasteiger partial charge in [-0.3, -0.25) is 0 Å². The molecule has 2 aromatic rings. The number of hydrogen-bond acceptors (Lipinski definition) is 2. The highest BCUT2D eigenvalue weighted by molar-refractivity contribution is 5.17. The molecular formula is C16H24N2O2+2. The Morgan fingerprint density at radius 1 is 1.10 bits per heavy atom. The van der Waals surface area contributed by atoms with Crippen molar-refractivity contribution in [3.05, 3.63) is 60.1 Å². The van der Waals surface area contributed by atoms with Crippen molar-refractivity contribution >= 4 is 0 Å². The van der Waals surface area contributed by atoms with E-state index in [-0.39, 0.29) is 0 Å². The summed E-state index contributed by atoms with van der Waals surface area (Å²) in [5.74, 6) is 0.996. The van der Waals surface area contributed by atoms with Gasteiger partial charge in [-0.2, -0.15) is 0 Å². The van der Waals surface area contributed by atoms with Crippen molar-refractivity contribution in [3.8, 4) is 0 Å². The Morgan fingerprint density at radius 2 is 1.85 bits per heavy atom. The number of hydrogen-bond donors (Lipinski definition) is 3. The number of nitrogens with two attached hydrogens (primary N) is 1. The molecule has 0 aliphatic heterocycles. The third kappa shape index (κ3) is 3.93. The quantitative estimate of drug-likeness (QED) is 0.654. The monoisotopic (exact) mass is 276 g/mol. The van der Waals surface area contributed by atoms with E-state index in [0.717, 1.165) is 17.9 Å². The second-order valence-corrected chi connectivity index (χ2v) is 5.33. The number of aliphatic hydroxyl groups excluding tert-OH is 1. The lowest BCUT2D eigenvalue weighted by atomic mass is 10.1. The van der Waals surface area contributed by atoms with Crippen LogP contribution in [0.3, 0.4) is 0 Å². The maximum absolute atomic E-state index is 10.1. The van der Waals surface area contributed by atoms with E-state index in [1.165, 1.54) is 4.90 Å². The lowest BCUT2D eigenvalue weighted by molar-refractivity contribution is -0.910. The van der Waals surface area contributed by atoms with E-state index >= 15 is 0 Å². The highest BCUT2D eigenvalue weighted by atomic mass is 16.3. The molecule has 0 aliphatic carbocycles. The molecule has 0 saturated heterocycles. The summed E-state index contributed by atoms with van der Waals surface area (Å²) in [4.78, 5) is 1.32. The van der Waals surface area contributed by atoms with E-state index in [1.54, 1.807) is 6.26 Å². The van der Waals surface area contributed by atoms with Crippen LogP contribution in [0.4, 0.5) is 0 Å². The van der Waals surface area contributed by atoms with Crippen LogP contribution in [-0.2, 0) is 0 Å². The van der Waals surface area contributed by atoms with Gasteiger partial charge >= 0.3 is 0 Å². The lowest BCUT2D eigenvalue weighted by Crippen LogP contribution is -3.09. The van der Waals surface area contributed by atoms with Gasteiger partial charge in [0.05, 0.1) is 20.4 Å². The van der Waals surface area contributed by atoms with Gasteiger partial charge in [0.2, 0.25) is 0 Å². The standard InChI is InChI=1S/C16H22N2O2/c1-18(2)14(16-9-6-10-20-16)11-17-12-15(19)13-7-4-3-5-8-13/h3-10,14-15,17,19H,11-12H2,1-2H3/p+2/t14-,15+/m1/s1. The molecule has 1 aromatic carbocycles. The molecule has 20 heavy (non-hydrogen) atoms. The van der Waals surface area contributed by atoms with Gasteiger partial charge in [-0.25, -0.2) is 0 Å². The molecular weight excluding hydrogens is 252 g/mol. The molecule has 0 amide bonds. The highest BCUT2D eigenvalue weighted by Crippen LogP contribution is 2.10. The second kappa shape index (κ2) is 7.24. The molecule has 1 heterocycles. The van der Waals surface area contributed by atoms with Crippen LogP contribution in [0.5, 0.6) is 0 Å². The highest BCUT2D eigenvalue weighted by Gasteiger charge is 2.23. The Labute approximate surface area is 120 Å². The summed E-state index contributed by atoms with van der Waals surface area (Å²) in [7, 11) is 4.24. The van der Waals surface area contributed by atoms with E-state index in [2.05, 4.69) is 19.4 Å². The van der Waals surface area contributed by atoms with Gasteiger partial charge in [-0.15, -0.1) is 0 Å². The van der Waals surface area contributed by atoms with Crippen molar-refractivity contribution in [3.63, 3.8) is 0 Å². The number of aliphatic hydroxyl groups is 1. The summed E-state index contributed by atoms with van der Waals surface area (Å²) in [5.41, 5.74) is 0.968. The molecule has 108 valence electrons. The van der Waals surface area contributed by atoms with Crippen molar-refractivity contribution in [1.82, 2.24) is 0 Å². The minimum atomic E-state index is -0.425. The van der Waals surface area contributed by atoms with E-state index in [4.69, 9.17) is 4.42 Å². The third-order valence-corrected chi connectivity index (χ3v) is 3.56. The number of likely N-dealkylation sites (N-methyl/N-ethyl adjacent to an activating group) is 1. The van der Waals surface area contributed by atoms with Crippen molar-refractivity contribution in [2.45, 2.75) is 12.1 Å². The molecule has 0 bridgehead atoms. The molecule has 4 N–H and O–H groups in total. The lowest BCUT2D eigenvalue weighted by Gasteiger charge is -2.18. The first-order chi connectivity index (χ1) is 9.68. The van der Waals surface area contributed by atoms with Crippen LogP contribution in [0.25, 0.3) is 0 Å². The summed E-state index contributed by atoms with van der Waals surface area (Å²) >= 11 is 0. The molecule has 1 aromatic heterocycles. The van der Waals surface area contributed by atoms with Crippen LogP contribution in [0, 0.1) is 0 Å². The average Bonchev–Trinajstić information content (AvgIpc) is 2.97. The van der Waals surface area contributed by atoms with E-state index < -0.39 is 6.10 Å². The molecule has 4 nitrogen and oxygen atoms in total. The van der Waals surface area contributed by atoms with Gasteiger partial charge in [-0.1, -0.05) is 30.3 Å². The summed E-state index contributed by atoms with van der Waals surface area (Å²) in [6.45, 7) is 1.55. The number of quaternary nitrogens is 2. The number of benzene rings is 1. The van der Waals surface area contributed by atoms with Crippen LogP contribution in [0.2, 0.25) is 0 Å². The third-order valence-electron chi connectivity index (χ3n) is 3.56. The number of nitrogens with one attached hydrogen (secondary N) is 1. The van der Waals surface area contributed by atoms with Crippen LogP contribution < -0.4 is 10.2 Å². The SMILES string of the molecule is C[NH+](C)[C@H](C[NH2+]C[C@H](O)c1ccccc1)c1ccco1. The summed E-state index contributed by atoms with van der Waals surface area (Å²) < 4.78 is 5.50. The summed E-state index contributed by atoms with van der Waals surface area (Å²) in [6, 6.07) is 14.0. The van der Waals surface area contributed by atoms with E-state index in [9.17, 15) is 5.11 Å². The first-order valence-corrected chi connectivity index (χ1v) is 7.06. The fourth-order valence-corrected chi connectivity index (χ4v) is 2.36. The zero-order valence-corrected chi connectivity index (χ0v) is 12.1. The Bertz CT molecular complexity index is 482. The molecule has 0 radical (unpaired) electrons. The molecule has 2 atom stereocenters. The zero-order chi connectivity index (χ0) is 14.4. The molecule has 0 spiro atoms. The molecule has 0 aliphatic rings. The molecule has 0 unspecified atom stereocenters. The van der Waals surface area contributed by atoms with Crippen molar-refractivity contribution < 1.29 is 19.7 Å². The van der Waals surface area contributed by atoms with Crippen molar-refractivity contribution in [2.75, 3.05) is 27.2 Å². The summed E-state index contributed by atoms with van der Waals surface area (Å²) in [5, 5.41) is 12.3. The summed E-state index contributed by atoms with van der Waals surface area (Å²) in [6.07, 6.45) is 1.29. The fraction of sp³-hybridized carbons (Fsp3) is 0.375. The van der Waals surface area contributed by atoms with Crippen molar-refractivity contribution in [2.24, 2.45) is 0 Å². The maximum atomic E-state index is 10.1. The average molecular weight is 276 g/mol. The predicted molar refractivity (Wildman–Crippen MR) is 77.3 cm³/mol. The smallest absolute Gasteiger partial charge is 0.195 e. The van der Waals surface area contributed by atoms with Crippen molar-refractivity contribution in [1.29, 1.82) is 0 Å². The Hall–Kier alpha value is -1.62. The van der Waals surface area contributed by atoms with Gasteiger partial charge in [-0.05, 0) is 17.7 Å². The van der Waals surface area contributed by atoms with Gasteiger partial charge < -0.3 is 19.7 Å². The first kappa shape index (κ1) is 14.8. The topological polar surface area (TPSA) is 54.4 Å². The second-order valence-electron chi connectivity index (χ2n) is 5.33. The van der Waals surface area contributed by atoms with Crippen LogP contribution >= 0.6 is 0 Å². The van der Waals surface area contributed by atoms with E-state index in [0.29, 0.717) is 12.6 Å². The first-order valence-electron chi connectivity index (χ1n) is 7.06. The van der Waals surface area contributed by atoms with Crippen LogP contribution in [0.15, 0.2) is 53.1 Å². The normalized spacial score (nSPS) is 14.4. The zero-order valence-electron chi connectivity index (χ0n) is 12.1. The Balaban J connectivity index is 1.85. The Morgan fingerprint density at radius 3 is 2.45 bits per heavy atom. The van der Waals surface area contributed by atoms with E-state index in [1.807, 2.05) is 42.5 Å². The predicted octanol–water partition coefficient (Wildman–Crippen LogP) is -0.238. The maximum Gasteiger partial charge on any atom is 0.195 e. The van der Waals surface area contributed by atoms with Crippen LogP contribution in [-0.4, -0.2) is 32.3 Å². The Kier molecular flexibility index (Phi) is 5.35. The molecule has 2 rings (SSSR count). The van der Waals surface area contributed by atoms with Gasteiger partial charge in [0.25, 0.3) is 0 Å². The molecule has 4 heteroatoms. The minimum Gasteiger partial charge on any atom is -0.463 e. The largest absolute Gasteiger partial charge is 0.463 e. The fourth-order valence-electron chi connectivity index (χ4n) is 2.36. The number of furan rings is 1. The van der Waals surface area contributed by atoms with Gasteiger partial charge in [0.15, 0.2) is 11.8 Å². The molecule has 0 saturated carbocycles. The number of rotatable bonds is 7. The molecule has 0 fully saturated rings.